The van der Waals surface area contributed by atoms with E-state index in [1.54, 1.807) is 12.1 Å². The zero-order valence-electron chi connectivity index (χ0n) is 16.8. The van der Waals surface area contributed by atoms with Crippen molar-refractivity contribution in [2.45, 2.75) is 12.5 Å². The highest BCUT2D eigenvalue weighted by Gasteiger charge is 2.44. The average Bonchev–Trinajstić information content (AvgIpc) is 2.82. The van der Waals surface area contributed by atoms with Crippen LogP contribution in [-0.2, 0) is 0 Å². The van der Waals surface area contributed by atoms with Crippen molar-refractivity contribution in [2.24, 2.45) is 0 Å². The molecule has 0 fully saturated rings. The molecule has 148 valence electrons. The summed E-state index contributed by atoms with van der Waals surface area (Å²) >= 11 is 0. The Bertz CT molecular complexity index is 1020. The lowest BCUT2D eigenvalue weighted by Gasteiger charge is -2.39. The Morgan fingerprint density at radius 1 is 0.633 bits per heavy atom. The van der Waals surface area contributed by atoms with E-state index in [4.69, 9.17) is 0 Å². The molecule has 0 aliphatic heterocycles. The van der Waals surface area contributed by atoms with Crippen molar-refractivity contribution in [3.63, 3.8) is 0 Å². The van der Waals surface area contributed by atoms with Crippen LogP contribution in [0, 0.1) is 10.1 Å². The van der Waals surface area contributed by atoms with Gasteiger partial charge in [-0.2, -0.15) is 0 Å². The van der Waals surface area contributed by atoms with Gasteiger partial charge in [0.15, 0.2) is 8.07 Å². The molecule has 4 aromatic carbocycles. The minimum atomic E-state index is -2.48. The Balaban J connectivity index is 2.00. The maximum atomic E-state index is 11.2. The smallest absolute Gasteiger partial charge is 0.258 e. The van der Waals surface area contributed by atoms with E-state index >= 15 is 0 Å². The van der Waals surface area contributed by atoms with Gasteiger partial charge in [0.25, 0.3) is 5.69 Å². The third-order valence-electron chi connectivity index (χ3n) is 5.94. The van der Waals surface area contributed by atoms with E-state index in [1.807, 2.05) is 12.1 Å². The number of nitro benzene ring substituents is 1. The molecule has 1 unspecified atom stereocenters. The van der Waals surface area contributed by atoms with Crippen LogP contribution in [0.15, 0.2) is 115 Å². The largest absolute Gasteiger partial charge is 0.269 e. The Kier molecular flexibility index (Phi) is 5.59. The van der Waals surface area contributed by atoms with Gasteiger partial charge >= 0.3 is 0 Å². The number of nitrogens with zero attached hydrogens (tertiary/aromatic N) is 1. The van der Waals surface area contributed by atoms with E-state index in [0.717, 1.165) is 5.56 Å². The maximum absolute atomic E-state index is 11.2. The third-order valence-corrected chi connectivity index (χ3v) is 11.3. The first-order chi connectivity index (χ1) is 14.6. The number of benzene rings is 4. The molecule has 0 bridgehead atoms. The van der Waals surface area contributed by atoms with Gasteiger partial charge in [-0.3, -0.25) is 10.1 Å². The molecule has 0 radical (unpaired) electrons. The van der Waals surface area contributed by atoms with E-state index < -0.39 is 8.07 Å². The minimum Gasteiger partial charge on any atom is -0.258 e. The molecule has 30 heavy (non-hydrogen) atoms. The normalized spacial score (nSPS) is 12.3. The second kappa shape index (κ2) is 8.47. The lowest BCUT2D eigenvalue weighted by Crippen LogP contribution is -2.70. The van der Waals surface area contributed by atoms with Gasteiger partial charge in [-0.25, -0.2) is 0 Å². The van der Waals surface area contributed by atoms with Crippen molar-refractivity contribution in [1.29, 1.82) is 0 Å². The first kappa shape index (κ1) is 19.8. The summed E-state index contributed by atoms with van der Waals surface area (Å²) in [7, 11) is -2.48. The average molecular weight is 410 g/mol. The Labute approximate surface area is 177 Å². The molecule has 0 aromatic heterocycles. The van der Waals surface area contributed by atoms with Gasteiger partial charge in [0.1, 0.15) is 0 Å². The van der Waals surface area contributed by atoms with Gasteiger partial charge in [-0.05, 0) is 26.7 Å². The van der Waals surface area contributed by atoms with E-state index in [2.05, 4.69) is 97.9 Å². The molecule has 0 heterocycles. The van der Waals surface area contributed by atoms with Crippen LogP contribution >= 0.6 is 0 Å². The monoisotopic (exact) mass is 409 g/mol. The van der Waals surface area contributed by atoms with Crippen LogP contribution in [0.2, 0.25) is 0 Å². The molecule has 4 rings (SSSR count). The summed E-state index contributed by atoms with van der Waals surface area (Å²) < 4.78 is 0. The second-order valence-electron chi connectivity index (χ2n) is 7.48. The highest BCUT2D eigenvalue weighted by molar-refractivity contribution is 7.12. The fourth-order valence-corrected chi connectivity index (χ4v) is 9.83. The van der Waals surface area contributed by atoms with E-state index in [9.17, 15) is 10.1 Å². The molecule has 4 aromatic rings. The molecule has 0 spiro atoms. The zero-order valence-corrected chi connectivity index (χ0v) is 17.8. The van der Waals surface area contributed by atoms with Crippen molar-refractivity contribution in [2.75, 3.05) is 0 Å². The fourth-order valence-electron chi connectivity index (χ4n) is 4.49. The van der Waals surface area contributed by atoms with Crippen molar-refractivity contribution >= 4 is 29.3 Å². The van der Waals surface area contributed by atoms with Crippen LogP contribution in [0.3, 0.4) is 0 Å². The summed E-state index contributed by atoms with van der Waals surface area (Å²) in [4.78, 5) is 10.8. The maximum Gasteiger partial charge on any atom is 0.269 e. The van der Waals surface area contributed by atoms with Gasteiger partial charge in [0.05, 0.1) is 4.92 Å². The van der Waals surface area contributed by atoms with E-state index in [0.29, 0.717) is 0 Å². The summed E-state index contributed by atoms with van der Waals surface area (Å²) in [5.74, 6) is 0. The summed E-state index contributed by atoms with van der Waals surface area (Å²) in [6.45, 7) is 2.26. The van der Waals surface area contributed by atoms with E-state index in [-0.39, 0.29) is 16.2 Å². The Hall–Kier alpha value is -3.50. The number of hydrogen-bond acceptors (Lipinski definition) is 2. The summed E-state index contributed by atoms with van der Waals surface area (Å²) in [5, 5.41) is 15.1. The first-order valence-electron chi connectivity index (χ1n) is 10.0. The topological polar surface area (TPSA) is 43.1 Å². The molecule has 4 heteroatoms. The fraction of sp³-hybridized carbons (Fsp3) is 0.0769. The summed E-state index contributed by atoms with van der Waals surface area (Å²) in [6, 6.07) is 39.2. The van der Waals surface area contributed by atoms with Gasteiger partial charge in [0.2, 0.25) is 0 Å². The van der Waals surface area contributed by atoms with Gasteiger partial charge in [0, 0.05) is 12.1 Å². The number of nitro groups is 1. The van der Waals surface area contributed by atoms with Crippen molar-refractivity contribution in [1.82, 2.24) is 0 Å². The molecule has 1 atom stereocenters. The SMILES string of the molecule is CC(c1ccc([N+](=O)[O-])cc1)[Si](c1ccccc1)(c1ccccc1)c1ccccc1. The number of rotatable bonds is 6. The molecular weight excluding hydrogens is 386 g/mol. The Morgan fingerprint density at radius 3 is 1.33 bits per heavy atom. The van der Waals surface area contributed by atoms with E-state index in [1.165, 1.54) is 15.6 Å². The van der Waals surface area contributed by atoms with Crippen LogP contribution < -0.4 is 15.6 Å². The van der Waals surface area contributed by atoms with Crippen LogP contribution in [-0.4, -0.2) is 13.0 Å². The van der Waals surface area contributed by atoms with Crippen molar-refractivity contribution in [3.05, 3.63) is 131 Å². The highest BCUT2D eigenvalue weighted by atomic mass is 28.3. The van der Waals surface area contributed by atoms with Crippen LogP contribution in [0.25, 0.3) is 0 Å². The Morgan fingerprint density at radius 2 is 1.00 bits per heavy atom. The van der Waals surface area contributed by atoms with Crippen molar-refractivity contribution in [3.8, 4) is 0 Å². The highest BCUT2D eigenvalue weighted by Crippen LogP contribution is 2.28. The third kappa shape index (κ3) is 3.46. The summed E-state index contributed by atoms with van der Waals surface area (Å²) in [6.07, 6.45) is 0. The predicted molar refractivity (Wildman–Crippen MR) is 125 cm³/mol. The number of hydrogen-bond donors (Lipinski definition) is 0. The van der Waals surface area contributed by atoms with Gasteiger partial charge in [-0.1, -0.05) is 110 Å². The molecule has 0 aliphatic rings. The molecule has 3 nitrogen and oxygen atoms in total. The van der Waals surface area contributed by atoms with Gasteiger partial charge in [-0.15, -0.1) is 0 Å². The molecular formula is C26H23NO2Si. The standard InChI is InChI=1S/C26H23NO2Si/c1-21(22-17-19-23(20-18-22)27(28)29)30(24-11-5-2-6-12-24,25-13-7-3-8-14-25)26-15-9-4-10-16-26/h2-21H,1H3. The van der Waals surface area contributed by atoms with Crippen LogP contribution in [0.5, 0.6) is 0 Å². The van der Waals surface area contributed by atoms with Crippen molar-refractivity contribution < 1.29 is 4.92 Å². The predicted octanol–water partition coefficient (Wildman–Crippen LogP) is 4.41. The first-order valence-corrected chi connectivity index (χ1v) is 12.1. The zero-order chi connectivity index (χ0) is 21.0. The molecule has 0 amide bonds. The van der Waals surface area contributed by atoms with Crippen LogP contribution in [0.4, 0.5) is 5.69 Å². The molecule has 0 N–H and O–H groups in total. The molecule has 0 saturated carbocycles. The second-order valence-corrected chi connectivity index (χ2v) is 11.7. The number of non-ortho nitro benzene ring substituents is 1. The quantitative estimate of drug-likeness (QED) is 0.205. The summed E-state index contributed by atoms with van der Waals surface area (Å²) in [5.41, 5.74) is 1.41. The molecule has 0 saturated heterocycles. The minimum absolute atomic E-state index is 0.123. The van der Waals surface area contributed by atoms with Gasteiger partial charge < -0.3 is 0 Å². The lowest BCUT2D eigenvalue weighted by atomic mass is 10.1. The molecule has 0 aliphatic carbocycles. The van der Waals surface area contributed by atoms with Crippen LogP contribution in [0.1, 0.15) is 18.0 Å². The lowest BCUT2D eigenvalue weighted by molar-refractivity contribution is -0.384.